The van der Waals surface area contributed by atoms with Gasteiger partial charge in [-0.15, -0.1) is 0 Å². The second kappa shape index (κ2) is 5.31. The average Bonchev–Trinajstić information content (AvgIpc) is 2.18. The first-order chi connectivity index (χ1) is 7.08. The van der Waals surface area contributed by atoms with Gasteiger partial charge in [0.15, 0.2) is 5.78 Å². The molecule has 0 atom stereocenters. The van der Waals surface area contributed by atoms with Gasteiger partial charge in [0.2, 0.25) is 0 Å². The zero-order valence-corrected chi connectivity index (χ0v) is 10.7. The first-order valence-electron chi connectivity index (χ1n) is 5.18. The highest BCUT2D eigenvalue weighted by molar-refractivity contribution is 9.10. The molecule has 1 rings (SSSR count). The number of nitrogens with two attached hydrogens (primary N) is 1. The fraction of sp³-hybridized carbons (Fsp3) is 0.417. The highest BCUT2D eigenvalue weighted by Gasteiger charge is 2.16. The third-order valence-corrected chi connectivity index (χ3v) is 3.02. The molecule has 0 aliphatic rings. The Morgan fingerprint density at radius 1 is 1.33 bits per heavy atom. The number of halogens is 1. The van der Waals surface area contributed by atoms with Crippen LogP contribution in [-0.2, 0) is 0 Å². The summed E-state index contributed by atoms with van der Waals surface area (Å²) >= 11 is 3.34. The van der Waals surface area contributed by atoms with Crippen molar-refractivity contribution < 1.29 is 4.79 Å². The van der Waals surface area contributed by atoms with Crippen LogP contribution in [0.5, 0.6) is 0 Å². The van der Waals surface area contributed by atoms with Gasteiger partial charge >= 0.3 is 0 Å². The third kappa shape index (κ3) is 3.06. The van der Waals surface area contributed by atoms with E-state index in [0.717, 1.165) is 17.3 Å². The van der Waals surface area contributed by atoms with Crippen LogP contribution in [0.3, 0.4) is 0 Å². The lowest BCUT2D eigenvalue weighted by Gasteiger charge is -2.11. The molecule has 0 heterocycles. The van der Waals surface area contributed by atoms with Crippen LogP contribution in [0.25, 0.3) is 0 Å². The molecular weight excluding hydrogens is 254 g/mol. The topological polar surface area (TPSA) is 43.1 Å². The minimum Gasteiger partial charge on any atom is -0.399 e. The van der Waals surface area contributed by atoms with Crippen LogP contribution < -0.4 is 5.73 Å². The van der Waals surface area contributed by atoms with Crippen molar-refractivity contribution in [3.63, 3.8) is 0 Å². The summed E-state index contributed by atoms with van der Waals surface area (Å²) in [5.41, 5.74) is 7.03. The predicted molar refractivity (Wildman–Crippen MR) is 67.0 cm³/mol. The van der Waals surface area contributed by atoms with Gasteiger partial charge in [0, 0.05) is 21.6 Å². The second-order valence-corrected chi connectivity index (χ2v) is 4.57. The summed E-state index contributed by atoms with van der Waals surface area (Å²) in [5.74, 6) is 0.298. The molecular formula is C12H16BrNO. The van der Waals surface area contributed by atoms with Crippen molar-refractivity contribution in [1.82, 2.24) is 0 Å². The van der Waals surface area contributed by atoms with Crippen molar-refractivity contribution in [2.75, 3.05) is 5.73 Å². The van der Waals surface area contributed by atoms with Gasteiger partial charge < -0.3 is 5.73 Å². The maximum atomic E-state index is 12.0. The van der Waals surface area contributed by atoms with E-state index in [1.54, 1.807) is 12.1 Å². The molecule has 15 heavy (non-hydrogen) atoms. The monoisotopic (exact) mass is 269 g/mol. The van der Waals surface area contributed by atoms with Crippen molar-refractivity contribution in [2.45, 2.75) is 26.7 Å². The van der Waals surface area contributed by atoms with Crippen molar-refractivity contribution in [2.24, 2.45) is 5.92 Å². The summed E-state index contributed by atoms with van der Waals surface area (Å²) in [5, 5.41) is 0. The summed E-state index contributed by atoms with van der Waals surface area (Å²) in [6, 6.07) is 5.37. The highest BCUT2D eigenvalue weighted by atomic mass is 79.9. The molecule has 2 nitrogen and oxygen atoms in total. The first kappa shape index (κ1) is 12.2. The lowest BCUT2D eigenvalue weighted by molar-refractivity contribution is 0.0913. The van der Waals surface area contributed by atoms with Crippen LogP contribution in [0.1, 0.15) is 37.0 Å². The van der Waals surface area contributed by atoms with E-state index in [-0.39, 0.29) is 11.7 Å². The Labute approximate surface area is 99.0 Å². The Morgan fingerprint density at radius 3 is 2.40 bits per heavy atom. The summed E-state index contributed by atoms with van der Waals surface area (Å²) in [6.45, 7) is 4.07. The Morgan fingerprint density at radius 2 is 1.93 bits per heavy atom. The van der Waals surface area contributed by atoms with E-state index in [9.17, 15) is 4.79 Å². The fourth-order valence-electron chi connectivity index (χ4n) is 1.65. The molecule has 0 bridgehead atoms. The largest absolute Gasteiger partial charge is 0.399 e. The van der Waals surface area contributed by atoms with Gasteiger partial charge in [-0.05, 0) is 31.0 Å². The standard InChI is InChI=1S/C12H16BrNO/c1-3-8(4-2)12(15)9-5-10(13)7-11(14)6-9/h5-8H,3-4,14H2,1-2H3. The molecule has 0 unspecified atom stereocenters. The molecule has 2 N–H and O–H groups in total. The predicted octanol–water partition coefficient (Wildman–Crippen LogP) is 3.65. The number of anilines is 1. The van der Waals surface area contributed by atoms with Crippen LogP contribution in [-0.4, -0.2) is 5.78 Å². The van der Waals surface area contributed by atoms with E-state index in [4.69, 9.17) is 5.73 Å². The molecule has 1 aromatic rings. The molecule has 82 valence electrons. The van der Waals surface area contributed by atoms with Crippen LogP contribution in [0.15, 0.2) is 22.7 Å². The maximum Gasteiger partial charge on any atom is 0.166 e. The van der Waals surface area contributed by atoms with Gasteiger partial charge in [-0.3, -0.25) is 4.79 Å². The van der Waals surface area contributed by atoms with Gasteiger partial charge in [-0.25, -0.2) is 0 Å². The summed E-state index contributed by atoms with van der Waals surface area (Å²) in [7, 11) is 0. The number of benzene rings is 1. The Hall–Kier alpha value is -0.830. The quantitative estimate of drug-likeness (QED) is 0.670. The molecule has 0 aliphatic carbocycles. The fourth-order valence-corrected chi connectivity index (χ4v) is 2.16. The van der Waals surface area contributed by atoms with E-state index < -0.39 is 0 Å². The van der Waals surface area contributed by atoms with Crippen molar-refractivity contribution in [3.8, 4) is 0 Å². The first-order valence-corrected chi connectivity index (χ1v) is 5.98. The second-order valence-electron chi connectivity index (χ2n) is 3.65. The van der Waals surface area contributed by atoms with Gasteiger partial charge in [-0.1, -0.05) is 29.8 Å². The van der Waals surface area contributed by atoms with E-state index in [2.05, 4.69) is 15.9 Å². The molecule has 3 heteroatoms. The Bertz CT molecular complexity index is 338. The summed E-state index contributed by atoms with van der Waals surface area (Å²) in [4.78, 5) is 12.0. The highest BCUT2D eigenvalue weighted by Crippen LogP contribution is 2.22. The number of rotatable bonds is 4. The number of hydrogen-bond donors (Lipinski definition) is 1. The van der Waals surface area contributed by atoms with Crippen LogP contribution in [0.2, 0.25) is 0 Å². The number of carbonyl (C=O) groups is 1. The van der Waals surface area contributed by atoms with Gasteiger partial charge in [0.25, 0.3) is 0 Å². The molecule has 0 spiro atoms. The maximum absolute atomic E-state index is 12.0. The van der Waals surface area contributed by atoms with Gasteiger partial charge in [-0.2, -0.15) is 0 Å². The molecule has 0 amide bonds. The zero-order chi connectivity index (χ0) is 11.4. The lowest BCUT2D eigenvalue weighted by atomic mass is 9.93. The van der Waals surface area contributed by atoms with Crippen LogP contribution in [0, 0.1) is 5.92 Å². The number of nitrogen functional groups attached to an aromatic ring is 1. The molecule has 0 radical (unpaired) electrons. The number of hydrogen-bond acceptors (Lipinski definition) is 2. The van der Waals surface area contributed by atoms with Crippen molar-refractivity contribution in [1.29, 1.82) is 0 Å². The minimum atomic E-state index is 0.110. The zero-order valence-electron chi connectivity index (χ0n) is 9.09. The van der Waals surface area contributed by atoms with Gasteiger partial charge in [0.1, 0.15) is 0 Å². The lowest BCUT2D eigenvalue weighted by Crippen LogP contribution is -2.13. The SMILES string of the molecule is CCC(CC)C(=O)c1cc(N)cc(Br)c1. The molecule has 0 saturated carbocycles. The summed E-state index contributed by atoms with van der Waals surface area (Å²) < 4.78 is 0.858. The average molecular weight is 270 g/mol. The van der Waals surface area contributed by atoms with E-state index in [0.29, 0.717) is 11.3 Å². The van der Waals surface area contributed by atoms with Crippen LogP contribution >= 0.6 is 15.9 Å². The Balaban J connectivity index is 3.00. The molecule has 0 aliphatic heterocycles. The number of ketones is 1. The van der Waals surface area contributed by atoms with E-state index >= 15 is 0 Å². The molecule has 0 aromatic heterocycles. The van der Waals surface area contributed by atoms with E-state index in [1.165, 1.54) is 0 Å². The van der Waals surface area contributed by atoms with Crippen molar-refractivity contribution in [3.05, 3.63) is 28.2 Å². The summed E-state index contributed by atoms with van der Waals surface area (Å²) in [6.07, 6.45) is 1.75. The molecule has 1 aromatic carbocycles. The Kier molecular flexibility index (Phi) is 4.33. The normalized spacial score (nSPS) is 10.7. The van der Waals surface area contributed by atoms with Gasteiger partial charge in [0.05, 0.1) is 0 Å². The molecule has 0 fully saturated rings. The number of Topliss-reactive ketones (excluding diaryl/α,β-unsaturated/α-hetero) is 1. The van der Waals surface area contributed by atoms with Crippen molar-refractivity contribution >= 4 is 27.4 Å². The minimum absolute atomic E-state index is 0.110. The third-order valence-electron chi connectivity index (χ3n) is 2.56. The van der Waals surface area contributed by atoms with E-state index in [1.807, 2.05) is 19.9 Å². The smallest absolute Gasteiger partial charge is 0.166 e. The van der Waals surface area contributed by atoms with Crippen LogP contribution in [0.4, 0.5) is 5.69 Å². The molecule has 0 saturated heterocycles. The number of carbonyl (C=O) groups excluding carboxylic acids is 1.